The van der Waals surface area contributed by atoms with Gasteiger partial charge in [-0.05, 0) is 37.0 Å². The summed E-state index contributed by atoms with van der Waals surface area (Å²) in [7, 11) is -3.92. The Morgan fingerprint density at radius 2 is 1.96 bits per heavy atom. The number of rotatable bonds is 6. The van der Waals surface area contributed by atoms with E-state index in [4.69, 9.17) is 16.3 Å². The van der Waals surface area contributed by atoms with Gasteiger partial charge in [-0.25, -0.2) is 8.42 Å². The van der Waals surface area contributed by atoms with Crippen LogP contribution in [0.5, 0.6) is 0 Å². The maximum absolute atomic E-state index is 13.2. The van der Waals surface area contributed by atoms with Crippen LogP contribution >= 0.6 is 23.4 Å². The molecule has 0 amide bonds. The smallest absolute Gasteiger partial charge is 0.302 e. The average molecular weight is 443 g/mol. The van der Waals surface area contributed by atoms with Gasteiger partial charge in [-0.1, -0.05) is 11.6 Å². The van der Waals surface area contributed by atoms with Crippen LogP contribution in [-0.2, 0) is 30.6 Å². The molecule has 0 fully saturated rings. The molecular weight excluding hydrogens is 424 g/mol. The number of hydrogen-bond acceptors (Lipinski definition) is 7. The second-order valence-electron chi connectivity index (χ2n) is 6.57. The minimum atomic E-state index is -3.92. The van der Waals surface area contributed by atoms with Crippen LogP contribution in [0.1, 0.15) is 42.1 Å². The van der Waals surface area contributed by atoms with E-state index in [0.29, 0.717) is 6.42 Å². The number of fused-ring (bicyclic) bond motifs is 1. The molecule has 28 heavy (non-hydrogen) atoms. The molecule has 0 saturated heterocycles. The number of carbonyl (C=O) groups is 3. The molecule has 0 atom stereocenters. The normalized spacial score (nSPS) is 16.9. The molecule has 9 heteroatoms. The lowest BCUT2D eigenvalue weighted by atomic mass is 9.91. The molecule has 6 nitrogen and oxygen atoms in total. The van der Waals surface area contributed by atoms with E-state index in [1.165, 1.54) is 6.92 Å². The number of ether oxygens (including phenoxy) is 1. The molecule has 1 aromatic carbocycles. The fraction of sp³-hybridized carbons (Fsp3) is 0.421. The van der Waals surface area contributed by atoms with Crippen molar-refractivity contribution in [3.05, 3.63) is 38.8 Å². The fourth-order valence-corrected chi connectivity index (χ4v) is 6.33. The number of esters is 1. The van der Waals surface area contributed by atoms with Crippen LogP contribution in [0, 0.1) is 0 Å². The fourth-order valence-electron chi connectivity index (χ4n) is 3.34. The highest BCUT2D eigenvalue weighted by Crippen LogP contribution is 2.39. The molecule has 1 aliphatic heterocycles. The molecule has 0 unspecified atom stereocenters. The summed E-state index contributed by atoms with van der Waals surface area (Å²) < 4.78 is 30.2. The van der Waals surface area contributed by atoms with E-state index >= 15 is 0 Å². The second-order valence-corrected chi connectivity index (χ2v) is 10.2. The van der Waals surface area contributed by atoms with Crippen molar-refractivity contribution in [2.24, 2.45) is 0 Å². The summed E-state index contributed by atoms with van der Waals surface area (Å²) in [6.07, 6.45) is 1.29. The largest absolute Gasteiger partial charge is 0.465 e. The van der Waals surface area contributed by atoms with Gasteiger partial charge in [-0.15, -0.1) is 11.8 Å². The Labute approximate surface area is 172 Å². The van der Waals surface area contributed by atoms with Crippen LogP contribution in [0.4, 0.5) is 0 Å². The van der Waals surface area contributed by atoms with E-state index < -0.39 is 33.1 Å². The number of Topliss-reactive ketones (excluding diaryl/α,β-unsaturated/α-hetero) is 2. The number of benzene rings is 1. The number of sulfone groups is 1. The van der Waals surface area contributed by atoms with Crippen LogP contribution < -0.4 is 0 Å². The zero-order valence-electron chi connectivity index (χ0n) is 15.2. The predicted octanol–water partition coefficient (Wildman–Crippen LogP) is 3.16. The second kappa shape index (κ2) is 8.39. The van der Waals surface area contributed by atoms with Crippen molar-refractivity contribution in [2.45, 2.75) is 37.5 Å². The van der Waals surface area contributed by atoms with Crippen LogP contribution in [0.3, 0.4) is 0 Å². The Morgan fingerprint density at radius 3 is 2.68 bits per heavy atom. The molecule has 1 aromatic rings. The monoisotopic (exact) mass is 442 g/mol. The third-order valence-corrected chi connectivity index (χ3v) is 8.08. The molecule has 0 bridgehead atoms. The summed E-state index contributed by atoms with van der Waals surface area (Å²) in [5.41, 5.74) is 0.711. The van der Waals surface area contributed by atoms with E-state index in [1.54, 1.807) is 23.9 Å². The number of ketones is 2. The lowest BCUT2D eigenvalue weighted by molar-refractivity contribution is -0.140. The van der Waals surface area contributed by atoms with Gasteiger partial charge in [0.05, 0.1) is 21.3 Å². The van der Waals surface area contributed by atoms with Crippen LogP contribution in [0.15, 0.2) is 27.5 Å². The summed E-state index contributed by atoms with van der Waals surface area (Å²) in [6, 6.07) is 3.34. The first-order chi connectivity index (χ1) is 13.2. The number of hydrogen-bond donors (Lipinski definition) is 0. The van der Waals surface area contributed by atoms with Crippen molar-refractivity contribution in [2.75, 3.05) is 18.1 Å². The lowest BCUT2D eigenvalue weighted by Gasteiger charge is -2.19. The van der Waals surface area contributed by atoms with Gasteiger partial charge in [-0.3, -0.25) is 14.4 Å². The number of thioether (sulfide) groups is 1. The van der Waals surface area contributed by atoms with Crippen molar-refractivity contribution < 1.29 is 27.5 Å². The van der Waals surface area contributed by atoms with Gasteiger partial charge >= 0.3 is 5.97 Å². The first-order valence-corrected chi connectivity index (χ1v) is 11.9. The van der Waals surface area contributed by atoms with E-state index in [1.807, 2.05) is 0 Å². The van der Waals surface area contributed by atoms with Crippen LogP contribution in [-0.4, -0.2) is 44.1 Å². The number of carbonyl (C=O) groups excluding carboxylic acids is 3. The molecular formula is C19H19ClO6S2. The SMILES string of the molecule is CC(=O)OCCS(=O)(=O)C1=C(C(=O)c2ccc3c(c2Cl)CCS3)C(=O)CCC1. The van der Waals surface area contributed by atoms with Crippen LogP contribution in [0.25, 0.3) is 0 Å². The third kappa shape index (κ3) is 4.18. The predicted molar refractivity (Wildman–Crippen MR) is 107 cm³/mol. The van der Waals surface area contributed by atoms with Crippen LogP contribution in [0.2, 0.25) is 5.02 Å². The molecule has 0 saturated carbocycles. The maximum Gasteiger partial charge on any atom is 0.302 e. The van der Waals surface area contributed by atoms with E-state index in [9.17, 15) is 22.8 Å². The van der Waals surface area contributed by atoms with E-state index in [0.717, 1.165) is 22.6 Å². The highest BCUT2D eigenvalue weighted by atomic mass is 35.5. The summed E-state index contributed by atoms with van der Waals surface area (Å²) in [4.78, 5) is 37.4. The lowest BCUT2D eigenvalue weighted by Crippen LogP contribution is -2.26. The maximum atomic E-state index is 13.2. The molecule has 0 aromatic heterocycles. The zero-order valence-corrected chi connectivity index (χ0v) is 17.6. The third-order valence-electron chi connectivity index (χ3n) is 4.68. The molecule has 1 heterocycles. The van der Waals surface area contributed by atoms with Gasteiger partial charge in [0.25, 0.3) is 0 Å². The molecule has 0 radical (unpaired) electrons. The summed E-state index contributed by atoms with van der Waals surface area (Å²) in [5.74, 6) is -1.35. The van der Waals surface area contributed by atoms with E-state index in [2.05, 4.69) is 0 Å². The molecule has 0 spiro atoms. The Balaban J connectivity index is 2.01. The first-order valence-electron chi connectivity index (χ1n) is 8.83. The van der Waals surface area contributed by atoms with Gasteiger partial charge in [0.15, 0.2) is 21.4 Å². The zero-order chi connectivity index (χ0) is 20.5. The topological polar surface area (TPSA) is 94.6 Å². The Kier molecular flexibility index (Phi) is 6.31. The first kappa shape index (κ1) is 21.1. The van der Waals surface area contributed by atoms with Gasteiger partial charge in [-0.2, -0.15) is 0 Å². The molecule has 0 N–H and O–H groups in total. The summed E-state index contributed by atoms with van der Waals surface area (Å²) in [6.45, 7) is 0.854. The summed E-state index contributed by atoms with van der Waals surface area (Å²) in [5, 5.41) is 0.287. The minimum absolute atomic E-state index is 0.105. The molecule has 2 aliphatic rings. The quantitative estimate of drug-likeness (QED) is 0.379. The molecule has 150 valence electrons. The van der Waals surface area contributed by atoms with Gasteiger partial charge < -0.3 is 4.74 Å². The minimum Gasteiger partial charge on any atom is -0.465 e. The van der Waals surface area contributed by atoms with Crippen molar-refractivity contribution >= 4 is 50.7 Å². The van der Waals surface area contributed by atoms with Crippen molar-refractivity contribution in [1.29, 1.82) is 0 Å². The molecule has 3 rings (SSSR count). The van der Waals surface area contributed by atoms with Crippen molar-refractivity contribution in [1.82, 2.24) is 0 Å². The van der Waals surface area contributed by atoms with Gasteiger partial charge in [0, 0.05) is 29.6 Å². The number of allylic oxidation sites excluding steroid dienone is 2. The highest BCUT2D eigenvalue weighted by Gasteiger charge is 2.35. The van der Waals surface area contributed by atoms with E-state index in [-0.39, 0.29) is 40.5 Å². The van der Waals surface area contributed by atoms with Gasteiger partial charge in [0.2, 0.25) is 0 Å². The van der Waals surface area contributed by atoms with Crippen molar-refractivity contribution in [3.63, 3.8) is 0 Å². The van der Waals surface area contributed by atoms with Gasteiger partial charge in [0.1, 0.15) is 6.61 Å². The highest BCUT2D eigenvalue weighted by molar-refractivity contribution is 7.99. The standard InChI is InChI=1S/C19H19ClO6S2/c1-11(21)26-8-10-28(24,25)16-4-2-3-14(22)17(16)19(23)13-5-6-15-12(18(13)20)7-9-27-15/h5-6H,2-4,7-10H2,1H3. The molecule has 1 aliphatic carbocycles. The van der Waals surface area contributed by atoms with Crippen molar-refractivity contribution in [3.8, 4) is 0 Å². The number of halogens is 1. The Morgan fingerprint density at radius 1 is 1.21 bits per heavy atom. The Hall–Kier alpha value is -1.64. The average Bonchev–Trinajstić information content (AvgIpc) is 3.10. The summed E-state index contributed by atoms with van der Waals surface area (Å²) >= 11 is 8.06. The Bertz CT molecular complexity index is 994.